The number of Topliss-reactive ketones (excluding diaryl/α,β-unsaturated/α-hetero) is 1. The summed E-state index contributed by atoms with van der Waals surface area (Å²) in [6.45, 7) is 3.19. The Kier molecular flexibility index (Phi) is 6.78. The van der Waals surface area contributed by atoms with E-state index in [2.05, 4.69) is 5.32 Å². The fraction of sp³-hybridized carbons (Fsp3) is 0.179. The molecular formula is C28H26N2O6. The van der Waals surface area contributed by atoms with Gasteiger partial charge >= 0.3 is 0 Å². The zero-order valence-corrected chi connectivity index (χ0v) is 20.4. The van der Waals surface area contributed by atoms with E-state index >= 15 is 0 Å². The van der Waals surface area contributed by atoms with Gasteiger partial charge in [-0.25, -0.2) is 0 Å². The van der Waals surface area contributed by atoms with E-state index in [0.29, 0.717) is 39.6 Å². The van der Waals surface area contributed by atoms with Gasteiger partial charge in [-0.15, -0.1) is 0 Å². The number of ketones is 1. The Morgan fingerprint density at radius 3 is 2.08 bits per heavy atom. The lowest BCUT2D eigenvalue weighted by atomic mass is 9.93. The molecule has 8 heteroatoms. The SMILES string of the molecule is COc1ccc(C2/C(=C(/O)c3ccc(OC)cc3C)C(=O)C(=O)N2c2ccc(NC(C)=O)cc2)cc1. The number of aliphatic hydroxyl groups excluding tert-OH is 1. The summed E-state index contributed by atoms with van der Waals surface area (Å²) in [5, 5.41) is 14.0. The topological polar surface area (TPSA) is 105 Å². The number of ether oxygens (including phenoxy) is 2. The van der Waals surface area contributed by atoms with Crippen LogP contribution < -0.4 is 19.7 Å². The molecular weight excluding hydrogens is 460 g/mol. The smallest absolute Gasteiger partial charge is 0.300 e. The van der Waals surface area contributed by atoms with Crippen molar-refractivity contribution < 1.29 is 29.0 Å². The zero-order chi connectivity index (χ0) is 26.0. The van der Waals surface area contributed by atoms with Crippen LogP contribution in [0, 0.1) is 6.92 Å². The van der Waals surface area contributed by atoms with Crippen molar-refractivity contribution in [1.82, 2.24) is 0 Å². The average Bonchev–Trinajstić information content (AvgIpc) is 3.14. The lowest BCUT2D eigenvalue weighted by Crippen LogP contribution is -2.29. The first-order chi connectivity index (χ1) is 17.2. The Morgan fingerprint density at radius 1 is 0.917 bits per heavy atom. The number of nitrogens with zero attached hydrogens (tertiary/aromatic N) is 1. The van der Waals surface area contributed by atoms with Crippen molar-refractivity contribution in [3.8, 4) is 11.5 Å². The molecule has 8 nitrogen and oxygen atoms in total. The van der Waals surface area contributed by atoms with E-state index in [4.69, 9.17) is 9.47 Å². The Balaban J connectivity index is 1.88. The summed E-state index contributed by atoms with van der Waals surface area (Å²) in [6, 6.07) is 17.7. The van der Waals surface area contributed by atoms with Gasteiger partial charge in [-0.05, 0) is 72.6 Å². The molecule has 0 spiro atoms. The molecule has 36 heavy (non-hydrogen) atoms. The number of aryl methyl sites for hydroxylation is 1. The Bertz CT molecular complexity index is 1360. The van der Waals surface area contributed by atoms with Crippen molar-refractivity contribution in [2.45, 2.75) is 19.9 Å². The average molecular weight is 487 g/mol. The predicted octanol–water partition coefficient (Wildman–Crippen LogP) is 4.60. The number of carbonyl (C=O) groups excluding carboxylic acids is 3. The minimum Gasteiger partial charge on any atom is -0.507 e. The van der Waals surface area contributed by atoms with Crippen molar-refractivity contribution in [3.05, 3.63) is 89.0 Å². The summed E-state index contributed by atoms with van der Waals surface area (Å²) < 4.78 is 10.5. The second-order valence-corrected chi connectivity index (χ2v) is 8.35. The maximum atomic E-state index is 13.3. The van der Waals surface area contributed by atoms with Crippen LogP contribution in [0.1, 0.15) is 29.7 Å². The Hall–Kier alpha value is -4.59. The summed E-state index contributed by atoms with van der Waals surface area (Å²) in [7, 11) is 3.09. The highest BCUT2D eigenvalue weighted by atomic mass is 16.5. The van der Waals surface area contributed by atoms with Gasteiger partial charge in [0, 0.05) is 23.9 Å². The van der Waals surface area contributed by atoms with Gasteiger partial charge < -0.3 is 19.9 Å². The van der Waals surface area contributed by atoms with Crippen LogP contribution in [0.15, 0.2) is 72.3 Å². The van der Waals surface area contributed by atoms with E-state index in [1.54, 1.807) is 87.9 Å². The number of hydrogen-bond donors (Lipinski definition) is 2. The molecule has 2 amide bonds. The van der Waals surface area contributed by atoms with Gasteiger partial charge in [0.25, 0.3) is 11.7 Å². The van der Waals surface area contributed by atoms with E-state index in [0.717, 1.165) is 0 Å². The molecule has 0 aliphatic carbocycles. The zero-order valence-electron chi connectivity index (χ0n) is 20.4. The largest absolute Gasteiger partial charge is 0.507 e. The van der Waals surface area contributed by atoms with Crippen molar-refractivity contribution in [2.75, 3.05) is 24.4 Å². The highest BCUT2D eigenvalue weighted by Crippen LogP contribution is 2.43. The van der Waals surface area contributed by atoms with Gasteiger partial charge in [-0.3, -0.25) is 19.3 Å². The molecule has 1 aliphatic rings. The molecule has 0 bridgehead atoms. The third-order valence-corrected chi connectivity index (χ3v) is 6.03. The maximum Gasteiger partial charge on any atom is 0.300 e. The fourth-order valence-corrected chi connectivity index (χ4v) is 4.28. The van der Waals surface area contributed by atoms with Gasteiger partial charge in [-0.2, -0.15) is 0 Å². The van der Waals surface area contributed by atoms with Crippen LogP contribution in [0.3, 0.4) is 0 Å². The minimum absolute atomic E-state index is 0.0237. The van der Waals surface area contributed by atoms with E-state index in [-0.39, 0.29) is 17.2 Å². The van der Waals surface area contributed by atoms with Crippen LogP contribution in [0.5, 0.6) is 11.5 Å². The number of amides is 2. The first-order valence-electron chi connectivity index (χ1n) is 11.2. The molecule has 1 unspecified atom stereocenters. The highest BCUT2D eigenvalue weighted by Gasteiger charge is 2.47. The van der Waals surface area contributed by atoms with Crippen molar-refractivity contribution in [1.29, 1.82) is 0 Å². The maximum absolute atomic E-state index is 13.3. The highest BCUT2D eigenvalue weighted by molar-refractivity contribution is 6.51. The first kappa shape index (κ1) is 24.5. The molecule has 1 heterocycles. The van der Waals surface area contributed by atoms with Crippen LogP contribution in [-0.4, -0.2) is 36.9 Å². The normalized spacial score (nSPS) is 16.7. The Morgan fingerprint density at radius 2 is 1.53 bits per heavy atom. The number of carbonyl (C=O) groups is 3. The number of aliphatic hydroxyl groups is 1. The fourth-order valence-electron chi connectivity index (χ4n) is 4.28. The van der Waals surface area contributed by atoms with Gasteiger partial charge in [0.05, 0.1) is 25.8 Å². The number of benzene rings is 3. The number of methoxy groups -OCH3 is 2. The lowest BCUT2D eigenvalue weighted by Gasteiger charge is -2.26. The van der Waals surface area contributed by atoms with Crippen molar-refractivity contribution >= 4 is 34.7 Å². The lowest BCUT2D eigenvalue weighted by molar-refractivity contribution is -0.132. The standard InChI is InChI=1S/C28H26N2O6/c1-16-15-22(36-4)13-14-23(16)26(32)24-25(18-5-11-21(35-3)12-6-18)30(28(34)27(24)33)20-9-7-19(8-10-20)29-17(2)31/h5-15,25,32H,1-4H3,(H,29,31)/b26-24-. The molecule has 184 valence electrons. The molecule has 1 fully saturated rings. The molecule has 4 rings (SSSR count). The van der Waals surface area contributed by atoms with E-state index < -0.39 is 17.7 Å². The summed E-state index contributed by atoms with van der Waals surface area (Å²) in [6.07, 6.45) is 0. The van der Waals surface area contributed by atoms with Gasteiger partial charge in [0.15, 0.2) is 0 Å². The van der Waals surface area contributed by atoms with Gasteiger partial charge in [0.1, 0.15) is 17.3 Å². The summed E-state index contributed by atoms with van der Waals surface area (Å²) in [5.74, 6) is -0.843. The molecule has 0 aromatic heterocycles. The van der Waals surface area contributed by atoms with Crippen LogP contribution in [0.2, 0.25) is 0 Å². The molecule has 0 radical (unpaired) electrons. The van der Waals surface area contributed by atoms with Gasteiger partial charge in [0.2, 0.25) is 5.91 Å². The van der Waals surface area contributed by atoms with E-state index in [1.807, 2.05) is 0 Å². The number of rotatable bonds is 6. The van der Waals surface area contributed by atoms with Crippen LogP contribution in [0.25, 0.3) is 5.76 Å². The minimum atomic E-state index is -0.885. The van der Waals surface area contributed by atoms with E-state index in [1.165, 1.54) is 11.8 Å². The van der Waals surface area contributed by atoms with Crippen molar-refractivity contribution in [3.63, 3.8) is 0 Å². The summed E-state index contributed by atoms with van der Waals surface area (Å²) in [4.78, 5) is 39.4. The van der Waals surface area contributed by atoms with Gasteiger partial charge in [-0.1, -0.05) is 12.1 Å². The molecule has 1 saturated heterocycles. The quantitative estimate of drug-likeness (QED) is 0.300. The predicted molar refractivity (Wildman–Crippen MR) is 136 cm³/mol. The number of nitrogens with one attached hydrogen (secondary N) is 1. The molecule has 2 N–H and O–H groups in total. The number of hydrogen-bond acceptors (Lipinski definition) is 6. The molecule has 0 saturated carbocycles. The molecule has 3 aromatic carbocycles. The molecule has 1 aliphatic heterocycles. The second-order valence-electron chi connectivity index (χ2n) is 8.35. The Labute approximate surface area is 208 Å². The monoisotopic (exact) mass is 486 g/mol. The first-order valence-corrected chi connectivity index (χ1v) is 11.2. The third kappa shape index (κ3) is 4.53. The summed E-state index contributed by atoms with van der Waals surface area (Å²) >= 11 is 0. The molecule has 3 aromatic rings. The third-order valence-electron chi connectivity index (χ3n) is 6.03. The van der Waals surface area contributed by atoms with Crippen LogP contribution in [0.4, 0.5) is 11.4 Å². The number of anilines is 2. The van der Waals surface area contributed by atoms with Crippen molar-refractivity contribution in [2.24, 2.45) is 0 Å². The van der Waals surface area contributed by atoms with Crippen LogP contribution in [-0.2, 0) is 14.4 Å². The van der Waals surface area contributed by atoms with E-state index in [9.17, 15) is 19.5 Å². The van der Waals surface area contributed by atoms with Crippen LogP contribution >= 0.6 is 0 Å². The summed E-state index contributed by atoms with van der Waals surface area (Å²) in [5.41, 5.74) is 2.70. The molecule has 1 atom stereocenters. The second kappa shape index (κ2) is 9.95.